The second kappa shape index (κ2) is 27.1. The van der Waals surface area contributed by atoms with Gasteiger partial charge in [-0.05, 0) is 67.4 Å². The molecule has 4 aromatic rings. The number of cyclic esters (lactones) is 2. The summed E-state index contributed by atoms with van der Waals surface area (Å²) >= 11 is -1.51. The minimum absolute atomic E-state index is 0.206. The molecule has 0 saturated carbocycles. The molecule has 2 fully saturated rings. The number of para-hydroxylation sites is 4. The van der Waals surface area contributed by atoms with Gasteiger partial charge in [0.25, 0.3) is 23.6 Å². The summed E-state index contributed by atoms with van der Waals surface area (Å²) in [5.74, 6) is -11.7. The first-order valence-corrected chi connectivity index (χ1v) is 28.6. The van der Waals surface area contributed by atoms with Gasteiger partial charge in [0.15, 0.2) is 16.7 Å². The van der Waals surface area contributed by atoms with Crippen LogP contribution in [0.15, 0.2) is 60.9 Å². The Labute approximate surface area is 470 Å². The van der Waals surface area contributed by atoms with Gasteiger partial charge >= 0.3 is 11.9 Å². The van der Waals surface area contributed by atoms with E-state index in [-0.39, 0.29) is 24.2 Å². The Morgan fingerprint density at radius 1 is 0.650 bits per heavy atom. The van der Waals surface area contributed by atoms with Crippen LogP contribution in [-0.2, 0) is 59.0 Å². The van der Waals surface area contributed by atoms with Gasteiger partial charge in [0, 0.05) is 28.2 Å². The molecule has 0 aliphatic carbocycles. The van der Waals surface area contributed by atoms with Gasteiger partial charge in [-0.15, -0.1) is 11.8 Å². The lowest BCUT2D eigenvalue weighted by atomic mass is 9.97. The van der Waals surface area contributed by atoms with Gasteiger partial charge in [0.05, 0.1) is 34.5 Å². The highest BCUT2D eigenvalue weighted by Crippen LogP contribution is 2.29. The molecule has 0 radical (unpaired) electrons. The lowest BCUT2D eigenvalue weighted by Gasteiger charge is -2.40. The zero-order valence-electron chi connectivity index (χ0n) is 46.4. The topological polar surface area (TPSA) is 325 Å². The number of carbonyl (C=O) groups is 10. The Kier molecular flexibility index (Phi) is 20.9. The molecule has 6 rings (SSSR count). The second-order valence-corrected chi connectivity index (χ2v) is 22.7. The number of aromatic nitrogens is 4. The van der Waals surface area contributed by atoms with E-state index in [2.05, 4.69) is 41.2 Å². The molecule has 2 aliphatic heterocycles. The zero-order chi connectivity index (χ0) is 58.9. The van der Waals surface area contributed by atoms with Crippen molar-refractivity contribution in [2.24, 2.45) is 11.8 Å². The smallest absolute Gasteiger partial charge is 0.329 e. The van der Waals surface area contributed by atoms with Gasteiger partial charge in [-0.2, -0.15) is 0 Å². The van der Waals surface area contributed by atoms with E-state index in [4.69, 9.17) is 9.47 Å². The average molecular weight is 1150 g/mol. The average Bonchev–Trinajstić information content (AvgIpc) is 3.51. The molecule has 2 aromatic heterocycles. The lowest BCUT2D eigenvalue weighted by Crippen LogP contribution is -2.63. The van der Waals surface area contributed by atoms with Crippen LogP contribution in [0.4, 0.5) is 0 Å². The molecule has 80 heavy (non-hydrogen) atoms. The number of ether oxygens (including phenoxy) is 2. The number of thioether (sulfide) groups is 1. The molecule has 2 aromatic carbocycles. The molecular weight excluding hydrogens is 1080 g/mol. The van der Waals surface area contributed by atoms with Crippen molar-refractivity contribution in [3.05, 3.63) is 72.3 Å². The minimum atomic E-state index is -2.39. The molecule has 0 spiro atoms. The molecule has 2 saturated heterocycles. The molecule has 8 amide bonds. The minimum Gasteiger partial charge on any atom is -0.615 e. The molecule has 4 heterocycles. The maximum Gasteiger partial charge on any atom is 0.329 e. The predicted molar refractivity (Wildman–Crippen MR) is 294 cm³/mol. The number of hydrogen-bond acceptors (Lipinski definition) is 18. The van der Waals surface area contributed by atoms with E-state index >= 15 is 14.1 Å². The van der Waals surface area contributed by atoms with Crippen molar-refractivity contribution in [2.75, 3.05) is 53.4 Å². The van der Waals surface area contributed by atoms with E-state index in [0.717, 1.165) is 31.4 Å². The second-order valence-electron chi connectivity index (χ2n) is 19.8. The summed E-state index contributed by atoms with van der Waals surface area (Å²) in [6.45, 7) is 7.70. The van der Waals surface area contributed by atoms with Gasteiger partial charge in [-0.3, -0.25) is 48.3 Å². The molecule has 2 aliphatic rings. The Bertz CT molecular complexity index is 3010. The first-order valence-electron chi connectivity index (χ1n) is 25.9. The summed E-state index contributed by atoms with van der Waals surface area (Å²) in [4.78, 5) is 167. The fraction of sp³-hybridized carbons (Fsp3) is 0.509. The van der Waals surface area contributed by atoms with Crippen LogP contribution >= 0.6 is 11.8 Å². The number of carbonyl (C=O) groups excluding carboxylic acids is 10. The van der Waals surface area contributed by atoms with E-state index in [9.17, 15) is 38.4 Å². The lowest BCUT2D eigenvalue weighted by molar-refractivity contribution is -0.160. The Morgan fingerprint density at radius 2 is 1.05 bits per heavy atom. The third-order valence-corrected chi connectivity index (χ3v) is 17.8. The highest BCUT2D eigenvalue weighted by atomic mass is 32.3. The third kappa shape index (κ3) is 13.9. The normalized spacial score (nSPS) is 26.5. The molecule has 2 bridgehead atoms. The number of nitrogens with zero attached hydrogens (tertiary/aromatic N) is 8. The van der Waals surface area contributed by atoms with Crippen molar-refractivity contribution in [2.45, 2.75) is 107 Å². The molecule has 12 atom stereocenters. The summed E-state index contributed by atoms with van der Waals surface area (Å²) in [6.07, 6.45) is 4.43. The Morgan fingerprint density at radius 3 is 1.46 bits per heavy atom. The Hall–Kier alpha value is -7.52. The fourth-order valence-electron chi connectivity index (χ4n) is 9.27. The van der Waals surface area contributed by atoms with Crippen molar-refractivity contribution >= 4 is 104 Å². The molecule has 25 nitrogen and oxygen atoms in total. The summed E-state index contributed by atoms with van der Waals surface area (Å²) in [5.41, 5.74) is 1.27. The number of nitrogens with one attached hydrogen (secondary N) is 4. The van der Waals surface area contributed by atoms with Crippen molar-refractivity contribution in [3.8, 4) is 0 Å². The number of fused-ring (bicyclic) bond motifs is 6. The summed E-state index contributed by atoms with van der Waals surface area (Å²) in [5, 5.41) is 10.1. The van der Waals surface area contributed by atoms with Crippen LogP contribution in [0.1, 0.15) is 75.4 Å². The van der Waals surface area contributed by atoms with Crippen molar-refractivity contribution in [1.29, 1.82) is 0 Å². The van der Waals surface area contributed by atoms with Crippen LogP contribution in [-0.4, -0.2) is 210 Å². The van der Waals surface area contributed by atoms with Crippen molar-refractivity contribution in [3.63, 3.8) is 0 Å². The summed E-state index contributed by atoms with van der Waals surface area (Å²) in [7, 11) is 4.99. The SMILES string of the molecule is CC[C@H](C)[C@H]1C(=O)OC[C@@H](NC(=O)c2cnc3ccccc3n2)C(=O)N[C@@H](C)C(=O)N(C)[C@H]2C[S+]([O-])C(SC)[C@@H](C(=O)N1C)N(C)C(=O)[C@H](C)NC(=O)[C@H](NC(=O)c1cnc3ccccc3n1)COC(=O)[C@H]([C@@H](C)CC)N(C)C2=O. The molecule has 4 N–H and O–H groups in total. The van der Waals surface area contributed by atoms with Gasteiger partial charge in [0.1, 0.15) is 66.6 Å². The maximum atomic E-state index is 15.4. The van der Waals surface area contributed by atoms with Gasteiger partial charge < -0.3 is 54.9 Å². The van der Waals surface area contributed by atoms with Crippen LogP contribution in [0.2, 0.25) is 0 Å². The predicted octanol–water partition coefficient (Wildman–Crippen LogP) is 0.431. The molecular formula is C53H68N12O13S2. The third-order valence-electron chi connectivity index (χ3n) is 14.4. The highest BCUT2D eigenvalue weighted by Gasteiger charge is 2.50. The number of likely N-dealkylation sites (N-methyl/N-ethyl adjacent to an activating group) is 4. The fourth-order valence-corrected chi connectivity index (χ4v) is 12.4. The van der Waals surface area contributed by atoms with E-state index in [1.807, 2.05) is 0 Å². The Balaban J connectivity index is 1.47. The standard InChI is InChI=1S/C53H68N12O13S2/c1-12-27(3)40-51(74)77-24-38(61-44(67)36-23-55-32-19-15-17-21-34(32)59-36)46(69)57-30(6)48(71)65(10)42-50(73)64(9)41(28(4)13-2)52(75)78-25-37(60-43(66)35-22-54-31-18-14-16-20-33(31)58-35)45(68)56-29(5)47(70)62(7)39(49(72)63(40)8)26-80(76)53(42)79-11/h14-23,27-30,37-42,53H,12-13,24-26H2,1-11H3,(H,56,68)(H,57,69)(H,60,66)(H,61,67)/t27-,28-,29-,30-,37+,38+,39-,40-,41-,42+,53?,80?/m0/s1. The van der Waals surface area contributed by atoms with Crippen LogP contribution < -0.4 is 21.3 Å². The number of esters is 2. The monoisotopic (exact) mass is 1140 g/mol. The van der Waals surface area contributed by atoms with E-state index < -0.39 is 154 Å². The first kappa shape index (κ1) is 61.7. The van der Waals surface area contributed by atoms with E-state index in [1.165, 1.54) is 60.7 Å². The van der Waals surface area contributed by atoms with E-state index in [0.29, 0.717) is 22.1 Å². The quantitative estimate of drug-likeness (QED) is 0.130. The molecule has 2 unspecified atom stereocenters. The number of rotatable bonds is 9. The van der Waals surface area contributed by atoms with Crippen LogP contribution in [0, 0.1) is 11.8 Å². The van der Waals surface area contributed by atoms with Crippen LogP contribution in [0.25, 0.3) is 22.1 Å². The van der Waals surface area contributed by atoms with Gasteiger partial charge in [0.2, 0.25) is 23.6 Å². The number of hydrogen-bond donors (Lipinski definition) is 4. The largest absolute Gasteiger partial charge is 0.615 e. The van der Waals surface area contributed by atoms with Crippen LogP contribution in [0.5, 0.6) is 0 Å². The van der Waals surface area contributed by atoms with Crippen molar-refractivity contribution < 1.29 is 62.0 Å². The highest BCUT2D eigenvalue weighted by molar-refractivity contribution is 8.13. The molecule has 430 valence electrons. The number of benzene rings is 2. The zero-order valence-corrected chi connectivity index (χ0v) is 48.0. The number of amides is 8. The van der Waals surface area contributed by atoms with Gasteiger partial charge in [-0.25, -0.2) is 19.6 Å². The molecule has 27 heteroatoms. The first-order chi connectivity index (χ1) is 37.9. The van der Waals surface area contributed by atoms with Crippen LogP contribution in [0.3, 0.4) is 0 Å². The maximum absolute atomic E-state index is 15.4. The summed E-state index contributed by atoms with van der Waals surface area (Å²) in [6, 6.07) is 0.662. The van der Waals surface area contributed by atoms with E-state index in [1.54, 1.807) is 76.2 Å². The van der Waals surface area contributed by atoms with Crippen molar-refractivity contribution in [1.82, 2.24) is 60.8 Å². The van der Waals surface area contributed by atoms with Gasteiger partial charge in [-0.1, -0.05) is 64.8 Å². The summed E-state index contributed by atoms with van der Waals surface area (Å²) < 4.78 is 25.4.